The van der Waals surface area contributed by atoms with Gasteiger partial charge < -0.3 is 33.3 Å². The van der Waals surface area contributed by atoms with E-state index in [0.717, 1.165) is 161 Å². The Balaban J connectivity index is 4.16. The van der Waals surface area contributed by atoms with Crippen molar-refractivity contribution in [2.75, 3.05) is 47.5 Å². The van der Waals surface area contributed by atoms with E-state index in [0.29, 0.717) is 17.4 Å². The maximum Gasteiger partial charge on any atom is 0.306 e. The fraction of sp³-hybridized carbons (Fsp3) is 0.602. The van der Waals surface area contributed by atoms with Crippen molar-refractivity contribution in [1.82, 2.24) is 0 Å². The van der Waals surface area contributed by atoms with Gasteiger partial charge in [0, 0.05) is 12.8 Å². The van der Waals surface area contributed by atoms with E-state index in [1.807, 2.05) is 21.1 Å². The van der Waals surface area contributed by atoms with Crippen LogP contribution in [-0.4, -0.2) is 82.3 Å². The fourth-order valence-corrected chi connectivity index (χ4v) is 10.0. The Morgan fingerprint density at radius 1 is 0.309 bits per heavy atom. The first-order valence-corrected chi connectivity index (χ1v) is 38.6. The van der Waals surface area contributed by atoms with E-state index in [-0.39, 0.29) is 38.6 Å². The van der Waals surface area contributed by atoms with Gasteiger partial charge in [0.2, 0.25) is 0 Å². The molecule has 0 spiro atoms. The van der Waals surface area contributed by atoms with Crippen molar-refractivity contribution in [2.45, 2.75) is 296 Å². The van der Waals surface area contributed by atoms with Crippen molar-refractivity contribution in [1.29, 1.82) is 0 Å². The van der Waals surface area contributed by atoms with Gasteiger partial charge in [-0.15, -0.1) is 0 Å². The van der Waals surface area contributed by atoms with Gasteiger partial charge in [0.15, 0.2) is 12.4 Å². The summed E-state index contributed by atoms with van der Waals surface area (Å²) in [5.74, 6) is -2.31. The number of quaternary nitrogens is 1. The van der Waals surface area contributed by atoms with Crippen molar-refractivity contribution < 1.29 is 42.9 Å². The lowest BCUT2D eigenvalue weighted by Crippen LogP contribution is -2.44. The largest absolute Gasteiger partial charge is 0.545 e. The highest BCUT2D eigenvalue weighted by Gasteiger charge is 2.22. The predicted molar refractivity (Wildman–Crippen MR) is 416 cm³/mol. The van der Waals surface area contributed by atoms with Crippen LogP contribution in [0.15, 0.2) is 194 Å². The predicted octanol–water partition coefficient (Wildman–Crippen LogP) is 23.6. The molecule has 0 aromatic carbocycles. The summed E-state index contributed by atoms with van der Waals surface area (Å²) in [4.78, 5) is 37.6. The second-order valence-corrected chi connectivity index (χ2v) is 26.2. The van der Waals surface area contributed by atoms with Crippen LogP contribution < -0.4 is 5.11 Å². The summed E-state index contributed by atoms with van der Waals surface area (Å²) >= 11 is 0. The van der Waals surface area contributed by atoms with Crippen molar-refractivity contribution >= 4 is 17.9 Å². The smallest absolute Gasteiger partial charge is 0.306 e. The first-order valence-electron chi connectivity index (χ1n) is 38.6. The number of aliphatic carboxylic acids is 1. The molecule has 9 heteroatoms. The third-order valence-electron chi connectivity index (χ3n) is 15.8. The molecular formula is C88H141NO8. The number of rotatable bonds is 69. The third-order valence-corrected chi connectivity index (χ3v) is 15.8. The molecule has 0 bridgehead atoms. The van der Waals surface area contributed by atoms with Gasteiger partial charge in [-0.2, -0.15) is 0 Å². The van der Waals surface area contributed by atoms with Crippen LogP contribution in [-0.2, 0) is 33.3 Å². The van der Waals surface area contributed by atoms with Gasteiger partial charge in [-0.1, -0.05) is 324 Å². The Morgan fingerprint density at radius 2 is 0.557 bits per heavy atom. The summed E-state index contributed by atoms with van der Waals surface area (Å²) < 4.78 is 22.8. The Bertz CT molecular complexity index is 2310. The number of carboxylic acids is 1. The summed E-state index contributed by atoms with van der Waals surface area (Å²) in [5, 5.41) is 11.9. The fourth-order valence-electron chi connectivity index (χ4n) is 10.0. The lowest BCUT2D eigenvalue weighted by Gasteiger charge is -2.26. The van der Waals surface area contributed by atoms with E-state index in [1.165, 1.54) is 89.9 Å². The molecule has 0 radical (unpaired) electrons. The Morgan fingerprint density at radius 3 is 0.825 bits per heavy atom. The van der Waals surface area contributed by atoms with E-state index in [9.17, 15) is 19.5 Å². The minimum atomic E-state index is -1.64. The minimum absolute atomic E-state index is 0.135. The summed E-state index contributed by atoms with van der Waals surface area (Å²) in [7, 11) is 5.92. The lowest BCUT2D eigenvalue weighted by atomic mass is 10.0. The number of ether oxygens (including phenoxy) is 4. The molecule has 2 unspecified atom stereocenters. The van der Waals surface area contributed by atoms with Gasteiger partial charge in [0.05, 0.1) is 40.3 Å². The quantitative estimate of drug-likeness (QED) is 0.0195. The van der Waals surface area contributed by atoms with Crippen LogP contribution in [0.1, 0.15) is 284 Å². The number of hydrogen-bond donors (Lipinski definition) is 0. The molecule has 0 aromatic rings. The van der Waals surface area contributed by atoms with Crippen molar-refractivity contribution in [3.63, 3.8) is 0 Å². The summed E-state index contributed by atoms with van der Waals surface area (Å²) in [6.45, 7) is 4.50. The molecule has 0 aliphatic rings. The number of esters is 2. The van der Waals surface area contributed by atoms with Crippen molar-refractivity contribution in [2.24, 2.45) is 0 Å². The molecule has 0 aliphatic heterocycles. The lowest BCUT2D eigenvalue weighted by molar-refractivity contribution is -0.870. The molecule has 546 valence electrons. The van der Waals surface area contributed by atoms with E-state index in [4.69, 9.17) is 18.9 Å². The molecule has 0 N–H and O–H groups in total. The third kappa shape index (κ3) is 77.4. The molecule has 0 heterocycles. The Kier molecular flexibility index (Phi) is 71.3. The zero-order valence-electron chi connectivity index (χ0n) is 62.4. The van der Waals surface area contributed by atoms with Gasteiger partial charge >= 0.3 is 11.9 Å². The molecule has 0 rings (SSSR count). The molecule has 0 aliphatic carbocycles. The number of likely N-dealkylation sites (N-methyl/N-ethyl adjacent to an activating group) is 1. The molecular weight excluding hydrogens is 1200 g/mol. The number of carbonyl (C=O) groups excluding carboxylic acids is 3. The number of nitrogens with zero attached hydrogens (tertiary/aromatic N) is 1. The maximum atomic E-state index is 13.0. The molecule has 2 atom stereocenters. The van der Waals surface area contributed by atoms with Gasteiger partial charge in [-0.25, -0.2) is 0 Å². The number of unbranched alkanes of at least 4 members (excludes halogenated alkanes) is 22. The minimum Gasteiger partial charge on any atom is -0.545 e. The summed E-state index contributed by atoms with van der Waals surface area (Å²) in [5.41, 5.74) is 0. The van der Waals surface area contributed by atoms with Gasteiger partial charge in [-0.3, -0.25) is 9.59 Å². The van der Waals surface area contributed by atoms with Crippen LogP contribution in [0, 0.1) is 0 Å². The van der Waals surface area contributed by atoms with Crippen LogP contribution in [0.3, 0.4) is 0 Å². The summed E-state index contributed by atoms with van der Waals surface area (Å²) in [6, 6.07) is 0. The maximum absolute atomic E-state index is 13.0. The monoisotopic (exact) mass is 1340 g/mol. The van der Waals surface area contributed by atoms with E-state index >= 15 is 0 Å². The van der Waals surface area contributed by atoms with E-state index in [1.54, 1.807) is 0 Å². The average molecular weight is 1340 g/mol. The molecule has 9 nitrogen and oxygen atoms in total. The van der Waals surface area contributed by atoms with Gasteiger partial charge in [0.1, 0.15) is 13.2 Å². The standard InChI is InChI=1S/C88H141NO8/c1-6-8-10-12-14-16-18-20-22-24-26-28-30-32-34-36-38-40-42-43-45-47-49-51-53-55-57-59-61-63-65-67-69-71-73-75-77-79-86(91)97-84(83-96-88(87(92)93)94-81-80-89(3,4)5)82-95-85(90)78-76-74-72-70-68-66-64-62-60-58-56-54-52-50-48-46-44-41-39-37-35-33-31-29-27-25-23-21-19-17-15-13-11-9-7-2/h8-11,14-17,20-23,26-29,32-35,38-41,43,45,49,51,55,57,61,63,84,88H,6-7,12-13,18-19,24-25,30-31,36-37,42,44,46-48,50,52-54,56,58-60,62,64-83H2,1-5H3/b10-8-,11-9-,16-14-,17-15-,22-20-,23-21-,28-26-,29-27-,34-32-,35-33-,40-38-,41-39-,45-43-,51-49-,57-55-,63-61-. The van der Waals surface area contributed by atoms with Crippen molar-refractivity contribution in [3.05, 3.63) is 194 Å². The molecule has 0 fully saturated rings. The van der Waals surface area contributed by atoms with Crippen LogP contribution in [0.4, 0.5) is 0 Å². The van der Waals surface area contributed by atoms with Crippen LogP contribution in [0.2, 0.25) is 0 Å². The zero-order chi connectivity index (χ0) is 70.4. The van der Waals surface area contributed by atoms with E-state index < -0.39 is 24.3 Å². The average Bonchev–Trinajstić information content (AvgIpc) is 3.11. The molecule has 0 amide bonds. The Hall–Kier alpha value is -5.87. The molecule has 0 saturated heterocycles. The van der Waals surface area contributed by atoms with Crippen molar-refractivity contribution in [3.8, 4) is 0 Å². The summed E-state index contributed by atoms with van der Waals surface area (Å²) in [6.07, 6.45) is 114. The first kappa shape index (κ1) is 91.1. The molecule has 0 aromatic heterocycles. The second kappa shape index (κ2) is 75.9. The highest BCUT2D eigenvalue weighted by atomic mass is 16.7. The zero-order valence-corrected chi connectivity index (χ0v) is 62.4. The number of allylic oxidation sites excluding steroid dienone is 32. The topological polar surface area (TPSA) is 111 Å². The van der Waals surface area contributed by atoms with Crippen LogP contribution >= 0.6 is 0 Å². The normalized spacial score (nSPS) is 13.8. The van der Waals surface area contributed by atoms with Crippen LogP contribution in [0.25, 0.3) is 0 Å². The Labute approximate surface area is 595 Å². The first-order chi connectivity index (χ1) is 47.6. The molecule has 0 saturated carbocycles. The SMILES string of the molecule is CC/C=C\C/C=C\C/C=C\C/C=C\C/C=C\C/C=C\C/C=C\C/C=C\C/C=C\C/C=C\CCCCCCCCC(=O)OC(COC(=O)CCCCCCCCCCCCCCCCCC/C=C\C/C=C\C/C=C\C/C=C\C/C=C\C/C=C\CC)COC(OCC[N+](C)(C)C)C(=O)[O-]. The van der Waals surface area contributed by atoms with E-state index in [2.05, 4.69) is 208 Å². The highest BCUT2D eigenvalue weighted by molar-refractivity contribution is 5.70. The second-order valence-electron chi connectivity index (χ2n) is 26.2. The van der Waals surface area contributed by atoms with Gasteiger partial charge in [0.25, 0.3) is 0 Å². The van der Waals surface area contributed by atoms with Crippen LogP contribution in [0.5, 0.6) is 0 Å². The number of hydrogen-bond acceptors (Lipinski definition) is 8. The molecule has 97 heavy (non-hydrogen) atoms. The highest BCUT2D eigenvalue weighted by Crippen LogP contribution is 2.17. The number of carbonyl (C=O) groups is 3. The van der Waals surface area contributed by atoms with Gasteiger partial charge in [-0.05, 0) is 141 Å². The number of carboxylic acid groups (broad SMARTS) is 1.